The molecule has 0 unspecified atom stereocenters. The van der Waals surface area contributed by atoms with Gasteiger partial charge in [0.15, 0.2) is 0 Å². The Kier molecular flexibility index (Phi) is 4.08. The summed E-state index contributed by atoms with van der Waals surface area (Å²) in [6.45, 7) is 7.02. The third-order valence-electron chi connectivity index (χ3n) is 4.91. The molecule has 26 heavy (non-hydrogen) atoms. The number of benzene rings is 3. The number of rotatable bonds is 3. The molecule has 0 atom stereocenters. The van der Waals surface area contributed by atoms with Crippen LogP contribution >= 0.6 is 0 Å². The maximum atomic E-state index is 13.4. The molecule has 1 heterocycles. The summed E-state index contributed by atoms with van der Waals surface area (Å²) in [6.07, 6.45) is 0. The molecule has 0 aliphatic rings. The number of aryl methyl sites for hydroxylation is 3. The van der Waals surface area contributed by atoms with Crippen LogP contribution in [0.4, 0.5) is 4.39 Å². The third kappa shape index (κ3) is 2.90. The van der Waals surface area contributed by atoms with Crippen LogP contribution in [0.25, 0.3) is 22.2 Å². The zero-order valence-electron chi connectivity index (χ0n) is 15.3. The molecule has 1 aromatic heterocycles. The van der Waals surface area contributed by atoms with Gasteiger partial charge < -0.3 is 0 Å². The van der Waals surface area contributed by atoms with E-state index in [0.717, 1.165) is 22.2 Å². The van der Waals surface area contributed by atoms with E-state index >= 15 is 0 Å². The van der Waals surface area contributed by atoms with Crippen LogP contribution in [0.1, 0.15) is 22.3 Å². The van der Waals surface area contributed by atoms with Gasteiger partial charge in [0, 0.05) is 10.9 Å². The van der Waals surface area contributed by atoms with Crippen LogP contribution in [0.5, 0.6) is 0 Å². The lowest BCUT2D eigenvalue weighted by Crippen LogP contribution is -2.05. The first kappa shape index (κ1) is 16.5. The van der Waals surface area contributed by atoms with Crippen molar-refractivity contribution in [2.75, 3.05) is 0 Å². The molecule has 4 aromatic rings. The summed E-state index contributed by atoms with van der Waals surface area (Å²) in [5, 5.41) is 5.98. The fraction of sp³-hybridized carbons (Fsp3) is 0.174. The average Bonchev–Trinajstić information content (AvgIpc) is 2.98. The molecule has 3 heteroatoms. The van der Waals surface area contributed by atoms with Gasteiger partial charge in [-0.05, 0) is 67.8 Å². The van der Waals surface area contributed by atoms with Crippen LogP contribution in [0.2, 0.25) is 0 Å². The largest absolute Gasteiger partial charge is 0.259 e. The van der Waals surface area contributed by atoms with Gasteiger partial charge in [0.05, 0.1) is 17.8 Å². The SMILES string of the molecule is Cc1ccc(Cn2nc3cccc(C)c3c2-c2ccc(F)cc2)c(C)c1. The molecular formula is C23H21FN2. The maximum absolute atomic E-state index is 13.4. The molecule has 0 bridgehead atoms. The number of halogens is 1. The molecule has 0 N–H and O–H groups in total. The predicted octanol–water partition coefficient (Wildman–Crippen LogP) is 5.82. The highest BCUT2D eigenvalue weighted by molar-refractivity contribution is 5.95. The summed E-state index contributed by atoms with van der Waals surface area (Å²) in [5.74, 6) is -0.227. The Bertz CT molecular complexity index is 1090. The van der Waals surface area contributed by atoms with E-state index in [1.165, 1.54) is 34.4 Å². The molecule has 4 rings (SSSR count). The Balaban J connectivity index is 1.92. The Labute approximate surface area is 152 Å². The maximum Gasteiger partial charge on any atom is 0.123 e. The van der Waals surface area contributed by atoms with Gasteiger partial charge in [0.1, 0.15) is 5.82 Å². The summed E-state index contributed by atoms with van der Waals surface area (Å²) in [4.78, 5) is 0. The van der Waals surface area contributed by atoms with Crippen LogP contribution < -0.4 is 0 Å². The standard InChI is InChI=1S/C23H21FN2/c1-15-7-8-19(17(3)13-15)14-26-23(18-9-11-20(24)12-10-18)22-16(2)5-4-6-21(22)25-26/h4-13H,14H2,1-3H3. The van der Waals surface area contributed by atoms with Gasteiger partial charge in [-0.15, -0.1) is 0 Å². The van der Waals surface area contributed by atoms with E-state index in [9.17, 15) is 4.39 Å². The highest BCUT2D eigenvalue weighted by Gasteiger charge is 2.16. The summed E-state index contributed by atoms with van der Waals surface area (Å²) in [5.41, 5.74) is 7.91. The predicted molar refractivity (Wildman–Crippen MR) is 105 cm³/mol. The zero-order valence-corrected chi connectivity index (χ0v) is 15.3. The van der Waals surface area contributed by atoms with Crippen LogP contribution in [-0.2, 0) is 6.54 Å². The van der Waals surface area contributed by atoms with Crippen LogP contribution in [0, 0.1) is 26.6 Å². The topological polar surface area (TPSA) is 17.8 Å². The van der Waals surface area contributed by atoms with Crippen molar-refractivity contribution < 1.29 is 4.39 Å². The van der Waals surface area contributed by atoms with E-state index in [1.807, 2.05) is 28.9 Å². The van der Waals surface area contributed by atoms with Crippen molar-refractivity contribution in [3.8, 4) is 11.3 Å². The quantitative estimate of drug-likeness (QED) is 0.458. The van der Waals surface area contributed by atoms with Gasteiger partial charge in [-0.3, -0.25) is 4.68 Å². The smallest absolute Gasteiger partial charge is 0.123 e. The fourth-order valence-electron chi connectivity index (χ4n) is 3.55. The molecule has 0 aliphatic heterocycles. The number of fused-ring (bicyclic) bond motifs is 1. The molecule has 3 aromatic carbocycles. The van der Waals surface area contributed by atoms with Gasteiger partial charge >= 0.3 is 0 Å². The van der Waals surface area contributed by atoms with E-state index in [4.69, 9.17) is 5.10 Å². The minimum atomic E-state index is -0.227. The minimum absolute atomic E-state index is 0.227. The monoisotopic (exact) mass is 344 g/mol. The molecule has 130 valence electrons. The lowest BCUT2D eigenvalue weighted by atomic mass is 10.0. The first-order valence-electron chi connectivity index (χ1n) is 8.81. The molecule has 2 nitrogen and oxygen atoms in total. The Hall–Kier alpha value is -2.94. The summed E-state index contributed by atoms with van der Waals surface area (Å²) >= 11 is 0. The average molecular weight is 344 g/mol. The molecule has 0 spiro atoms. The number of hydrogen-bond acceptors (Lipinski definition) is 1. The highest BCUT2D eigenvalue weighted by atomic mass is 19.1. The molecule has 0 saturated carbocycles. The molecule has 0 fully saturated rings. The lowest BCUT2D eigenvalue weighted by molar-refractivity contribution is 0.628. The number of nitrogens with zero attached hydrogens (tertiary/aromatic N) is 2. The van der Waals surface area contributed by atoms with E-state index in [-0.39, 0.29) is 5.82 Å². The second kappa shape index (κ2) is 6.41. The second-order valence-electron chi connectivity index (χ2n) is 6.91. The summed E-state index contributed by atoms with van der Waals surface area (Å²) < 4.78 is 15.5. The minimum Gasteiger partial charge on any atom is -0.259 e. The fourth-order valence-corrected chi connectivity index (χ4v) is 3.55. The van der Waals surface area contributed by atoms with E-state index in [2.05, 4.69) is 45.0 Å². The lowest BCUT2D eigenvalue weighted by Gasteiger charge is -2.11. The van der Waals surface area contributed by atoms with Crippen LogP contribution in [-0.4, -0.2) is 9.78 Å². The normalized spacial score (nSPS) is 11.2. The van der Waals surface area contributed by atoms with Gasteiger partial charge in [0.25, 0.3) is 0 Å². The second-order valence-corrected chi connectivity index (χ2v) is 6.91. The van der Waals surface area contributed by atoms with Crippen molar-refractivity contribution in [3.63, 3.8) is 0 Å². The molecule has 0 aliphatic carbocycles. The Morgan fingerprint density at radius 2 is 1.65 bits per heavy atom. The van der Waals surface area contributed by atoms with Crippen molar-refractivity contribution in [1.82, 2.24) is 9.78 Å². The van der Waals surface area contributed by atoms with Gasteiger partial charge in [0.2, 0.25) is 0 Å². The molecule has 0 saturated heterocycles. The molecule has 0 amide bonds. The van der Waals surface area contributed by atoms with Crippen molar-refractivity contribution in [3.05, 3.63) is 88.7 Å². The Morgan fingerprint density at radius 1 is 0.885 bits per heavy atom. The first-order chi connectivity index (χ1) is 12.5. The first-order valence-corrected chi connectivity index (χ1v) is 8.81. The van der Waals surface area contributed by atoms with Crippen LogP contribution in [0.15, 0.2) is 60.7 Å². The zero-order chi connectivity index (χ0) is 18.3. The van der Waals surface area contributed by atoms with Gasteiger partial charge in [-0.1, -0.05) is 35.9 Å². The van der Waals surface area contributed by atoms with Crippen molar-refractivity contribution in [2.45, 2.75) is 27.3 Å². The molecular weight excluding hydrogens is 323 g/mol. The van der Waals surface area contributed by atoms with Gasteiger partial charge in [-0.2, -0.15) is 5.10 Å². The Morgan fingerprint density at radius 3 is 2.38 bits per heavy atom. The molecule has 0 radical (unpaired) electrons. The van der Waals surface area contributed by atoms with Crippen molar-refractivity contribution >= 4 is 10.9 Å². The van der Waals surface area contributed by atoms with Crippen molar-refractivity contribution in [1.29, 1.82) is 0 Å². The van der Waals surface area contributed by atoms with Crippen molar-refractivity contribution in [2.24, 2.45) is 0 Å². The van der Waals surface area contributed by atoms with Crippen LogP contribution in [0.3, 0.4) is 0 Å². The van der Waals surface area contributed by atoms with E-state index in [0.29, 0.717) is 6.54 Å². The number of aromatic nitrogens is 2. The number of hydrogen-bond donors (Lipinski definition) is 0. The summed E-state index contributed by atoms with van der Waals surface area (Å²) in [6, 6.07) is 19.3. The van der Waals surface area contributed by atoms with E-state index in [1.54, 1.807) is 0 Å². The van der Waals surface area contributed by atoms with Gasteiger partial charge in [-0.25, -0.2) is 4.39 Å². The summed E-state index contributed by atoms with van der Waals surface area (Å²) in [7, 11) is 0. The highest BCUT2D eigenvalue weighted by Crippen LogP contribution is 2.32. The third-order valence-corrected chi connectivity index (χ3v) is 4.91. The van der Waals surface area contributed by atoms with E-state index < -0.39 is 0 Å².